The fourth-order valence-corrected chi connectivity index (χ4v) is 13.1. The van der Waals surface area contributed by atoms with Gasteiger partial charge in [0.15, 0.2) is 35.3 Å². The van der Waals surface area contributed by atoms with Crippen molar-refractivity contribution in [3.63, 3.8) is 0 Å². The van der Waals surface area contributed by atoms with Gasteiger partial charge in [0.2, 0.25) is 0 Å². The van der Waals surface area contributed by atoms with Crippen molar-refractivity contribution >= 4 is 29.9 Å². The van der Waals surface area contributed by atoms with Crippen LogP contribution in [-0.2, 0) is 51.7 Å². The number of aromatic hydroxyl groups is 1. The molecule has 5 fully saturated rings. The van der Waals surface area contributed by atoms with Gasteiger partial charge in [-0.1, -0.05) is 12.6 Å². The predicted molar refractivity (Wildman–Crippen MR) is 210 cm³/mol. The minimum Gasteiger partial charge on any atom is -0.504 e. The van der Waals surface area contributed by atoms with Crippen molar-refractivity contribution in [2.24, 2.45) is 11.8 Å². The smallest absolute Gasteiger partial charge is 0.504 e. The molecule has 316 valence electrons. The van der Waals surface area contributed by atoms with Gasteiger partial charge >= 0.3 is 18.1 Å². The van der Waals surface area contributed by atoms with Crippen molar-refractivity contribution in [2.75, 3.05) is 47.0 Å². The van der Waals surface area contributed by atoms with Gasteiger partial charge in [-0.25, -0.2) is 9.59 Å². The number of benzene rings is 2. The van der Waals surface area contributed by atoms with Crippen molar-refractivity contribution in [3.8, 4) is 23.0 Å². The first kappa shape index (κ1) is 39.9. The number of methoxy groups -OCH3 is 2. The molecular formula is C42H49N3O13S. The molecule has 11 atom stereocenters. The van der Waals surface area contributed by atoms with Crippen molar-refractivity contribution in [1.82, 2.24) is 15.1 Å². The van der Waals surface area contributed by atoms with Crippen LogP contribution in [-0.4, -0.2) is 127 Å². The van der Waals surface area contributed by atoms with E-state index in [-0.39, 0.29) is 42.4 Å². The summed E-state index contributed by atoms with van der Waals surface area (Å²) in [5.74, 6) is -0.399. The van der Waals surface area contributed by atoms with E-state index >= 15 is 0 Å². The molecule has 5 unspecified atom stereocenters. The van der Waals surface area contributed by atoms with Crippen LogP contribution in [0.2, 0.25) is 0 Å². The summed E-state index contributed by atoms with van der Waals surface area (Å²) in [5.41, 5.74) is 3.08. The highest BCUT2D eigenvalue weighted by Crippen LogP contribution is 2.60. The zero-order valence-corrected chi connectivity index (χ0v) is 34.5. The summed E-state index contributed by atoms with van der Waals surface area (Å²) in [6.45, 7) is 8.84. The van der Waals surface area contributed by atoms with Gasteiger partial charge in [0.25, 0.3) is 0 Å². The molecule has 0 radical (unpaired) electrons. The van der Waals surface area contributed by atoms with Crippen LogP contribution in [0.5, 0.6) is 23.0 Å². The summed E-state index contributed by atoms with van der Waals surface area (Å²) < 4.78 is 47.0. The number of phenols is 1. The summed E-state index contributed by atoms with van der Waals surface area (Å²) in [6.07, 6.45) is -1.40. The second-order valence-electron chi connectivity index (χ2n) is 16.3. The highest BCUT2D eigenvalue weighted by atomic mass is 32.2. The van der Waals surface area contributed by atoms with Gasteiger partial charge in [-0.2, -0.15) is 11.8 Å². The van der Waals surface area contributed by atoms with E-state index in [4.69, 9.17) is 37.9 Å². The van der Waals surface area contributed by atoms with Gasteiger partial charge in [-0.15, -0.1) is 0 Å². The molecule has 1 spiro atoms. The number of hydrogen-bond donors (Lipinski definition) is 3. The number of likely N-dealkylation sites (N-methyl/N-ethyl adjacent to an activating group) is 1. The highest BCUT2D eigenvalue weighted by molar-refractivity contribution is 8.00. The average Bonchev–Trinajstić information content (AvgIpc) is 3.70. The molecule has 0 saturated carbocycles. The van der Waals surface area contributed by atoms with Gasteiger partial charge in [0.1, 0.15) is 30.8 Å². The average molecular weight is 836 g/mol. The van der Waals surface area contributed by atoms with E-state index in [1.807, 2.05) is 27.0 Å². The largest absolute Gasteiger partial charge is 0.518 e. The van der Waals surface area contributed by atoms with Crippen molar-refractivity contribution in [1.29, 1.82) is 0 Å². The fraction of sp³-hybridized carbons (Fsp3) is 0.548. The van der Waals surface area contributed by atoms with Crippen LogP contribution < -0.4 is 19.5 Å². The number of carbonyl (C=O) groups is 3. The number of aliphatic hydroxyl groups excluding tert-OH is 1. The number of hydrogen-bond acceptors (Lipinski definition) is 17. The Balaban J connectivity index is 1.24. The van der Waals surface area contributed by atoms with Crippen LogP contribution in [0.3, 0.4) is 0 Å². The molecule has 2 aromatic rings. The molecule has 17 heteroatoms. The lowest BCUT2D eigenvalue weighted by Gasteiger charge is -2.66. The van der Waals surface area contributed by atoms with Crippen LogP contribution in [0, 0.1) is 18.8 Å². The number of piperazine rings is 1. The number of ether oxygens (including phenoxy) is 8. The number of rotatable bonds is 5. The number of esters is 2. The second kappa shape index (κ2) is 14.9. The normalized spacial score (nSPS) is 34.5. The monoisotopic (exact) mass is 835 g/mol. The molecule has 5 saturated heterocycles. The Bertz CT molecular complexity index is 2150. The van der Waals surface area contributed by atoms with Crippen molar-refractivity contribution in [2.45, 2.75) is 87.0 Å². The van der Waals surface area contributed by atoms with Gasteiger partial charge in [-0.05, 0) is 68.1 Å². The maximum atomic E-state index is 14.9. The minimum absolute atomic E-state index is 0.000688. The first-order chi connectivity index (χ1) is 28.3. The van der Waals surface area contributed by atoms with E-state index < -0.39 is 77.3 Å². The van der Waals surface area contributed by atoms with Crippen LogP contribution in [0.15, 0.2) is 42.4 Å². The van der Waals surface area contributed by atoms with Gasteiger partial charge < -0.3 is 48.1 Å². The van der Waals surface area contributed by atoms with Gasteiger partial charge in [0.05, 0.1) is 38.6 Å². The quantitative estimate of drug-likeness (QED) is 0.173. The number of carbonyl (C=O) groups excluding carboxylic acids is 3. The molecule has 16 nitrogen and oxygen atoms in total. The molecule has 7 heterocycles. The Labute approximate surface area is 345 Å². The Morgan fingerprint density at radius 2 is 1.88 bits per heavy atom. The minimum atomic E-state index is -1.41. The van der Waals surface area contributed by atoms with E-state index in [1.165, 1.54) is 32.9 Å². The molecule has 4 bridgehead atoms. The molecule has 3 N–H and O–H groups in total. The van der Waals surface area contributed by atoms with E-state index in [0.29, 0.717) is 42.0 Å². The highest BCUT2D eigenvalue weighted by Gasteiger charge is 2.67. The lowest BCUT2D eigenvalue weighted by molar-refractivity contribution is -0.224. The molecule has 10 rings (SSSR count). The summed E-state index contributed by atoms with van der Waals surface area (Å²) in [4.78, 5) is 44.5. The summed E-state index contributed by atoms with van der Waals surface area (Å²) in [6, 6.07) is 3.38. The summed E-state index contributed by atoms with van der Waals surface area (Å²) >= 11 is 1.52. The van der Waals surface area contributed by atoms with Crippen molar-refractivity contribution < 1.29 is 62.5 Å². The number of thioether (sulfide) groups is 1. The number of nitrogens with zero attached hydrogens (tertiary/aromatic N) is 2. The second-order valence-corrected chi connectivity index (χ2v) is 17.4. The molecular weight excluding hydrogens is 787 g/mol. The zero-order valence-electron chi connectivity index (χ0n) is 33.7. The number of piperidine rings is 1. The summed E-state index contributed by atoms with van der Waals surface area (Å²) in [7, 11) is 4.94. The van der Waals surface area contributed by atoms with Crippen LogP contribution in [0.25, 0.3) is 0 Å². The topological polar surface area (TPSA) is 184 Å². The molecule has 8 aliphatic rings. The third kappa shape index (κ3) is 5.94. The molecule has 2 aromatic carbocycles. The van der Waals surface area contributed by atoms with Gasteiger partial charge in [-0.3, -0.25) is 19.9 Å². The molecule has 0 amide bonds. The summed E-state index contributed by atoms with van der Waals surface area (Å²) in [5, 5.41) is 27.8. The van der Waals surface area contributed by atoms with E-state index in [1.54, 1.807) is 12.1 Å². The van der Waals surface area contributed by atoms with Gasteiger partial charge in [0, 0.05) is 53.5 Å². The van der Waals surface area contributed by atoms with Crippen LogP contribution >= 0.6 is 11.8 Å². The standard InChI is InChI=1S/C42H49N3O13S/c1-8-53-41(50)58-27-13-21-9-10-43-42(23(21)14-26(27)51-6)16-59-38-30-29(37-36(55-17-56-37)19(3)35(30)57-20(4)46)25(15-54-40(42)49)45-32(38)31-28-22(12-24(39(45)48)44(31)5)11-18(2)34(52-7)33(28)47/h8,11,13-14,24-25,29-32,35,37-39,43,47-48H,1,9-10,12,15-17H2,2-7H3/t24-,25-,29?,30?,31+,32?,35?,37?,38+,39-,42+/m0/s1. The van der Waals surface area contributed by atoms with E-state index in [9.17, 15) is 24.6 Å². The number of aryl methyl sites for hydroxylation is 1. The van der Waals surface area contributed by atoms with Crippen molar-refractivity contribution in [3.05, 3.63) is 70.2 Å². The Kier molecular flexibility index (Phi) is 10.1. The van der Waals surface area contributed by atoms with E-state index in [2.05, 4.69) is 21.7 Å². The SMILES string of the molecule is C=COC(=O)Oc1cc2c(cc1OC)[C@@]1(CS[C@@H]3C4C(OC(C)=O)C(C)=C5OCOC5C4[C@H](COC1=O)N1C3[C@H]3c4c(cc(C)c(OC)c4O)C[C@@H]([C@@H]1O)N3C)NCC2. The third-order valence-corrected chi connectivity index (χ3v) is 15.1. The van der Waals surface area contributed by atoms with Crippen LogP contribution in [0.1, 0.15) is 47.7 Å². The fourth-order valence-electron chi connectivity index (χ4n) is 11.3. The first-order valence-corrected chi connectivity index (χ1v) is 20.8. The molecule has 7 aliphatic heterocycles. The number of aliphatic hydroxyl groups is 1. The number of fused-ring (bicyclic) bond motifs is 9. The number of nitrogens with one attached hydrogen (secondary N) is 1. The lowest BCUT2D eigenvalue weighted by Crippen LogP contribution is -2.78. The maximum absolute atomic E-state index is 14.9. The number of phenolic OH excluding ortho intramolecular Hbond substituents is 1. The Morgan fingerprint density at radius 3 is 2.61 bits per heavy atom. The maximum Gasteiger partial charge on any atom is 0.518 e. The predicted octanol–water partition coefficient (Wildman–Crippen LogP) is 3.18. The molecule has 0 aromatic heterocycles. The molecule has 59 heavy (non-hydrogen) atoms. The lowest BCUT2D eigenvalue weighted by atomic mass is 9.62. The Hall–Kier alpha value is -4.52. The Morgan fingerprint density at radius 1 is 1.08 bits per heavy atom. The molecule has 1 aliphatic carbocycles. The third-order valence-electron chi connectivity index (χ3n) is 13.6. The zero-order chi connectivity index (χ0) is 41.7. The van der Waals surface area contributed by atoms with E-state index in [0.717, 1.165) is 28.5 Å². The first-order valence-electron chi connectivity index (χ1n) is 19.8. The van der Waals surface area contributed by atoms with Crippen LogP contribution in [0.4, 0.5) is 4.79 Å².